The third-order valence-corrected chi connectivity index (χ3v) is 1.39. The van der Waals surface area contributed by atoms with Crippen LogP contribution >= 0.6 is 0 Å². The average molecular weight is 140 g/mol. The lowest BCUT2D eigenvalue weighted by atomic mass is 10.00. The molecular weight excluding hydrogens is 132 g/mol. The number of nitrogens with two attached hydrogens (primary N) is 2. The molecule has 10 heavy (non-hydrogen) atoms. The van der Waals surface area contributed by atoms with Crippen LogP contribution in [0.3, 0.4) is 0 Å². The fraction of sp³-hybridized carbons (Fsp3) is 0.333. The molecule has 0 amide bonds. The van der Waals surface area contributed by atoms with Gasteiger partial charge in [-0.3, -0.25) is 9.59 Å². The number of Topliss-reactive ketones (excluding diaryl/α,β-unsaturated/α-hetero) is 2. The number of hydrogen-bond donors (Lipinski definition) is 2. The summed E-state index contributed by atoms with van der Waals surface area (Å²) in [6.07, 6.45) is 0.0319. The van der Waals surface area contributed by atoms with Crippen molar-refractivity contribution < 1.29 is 9.59 Å². The first-order valence-electron chi connectivity index (χ1n) is 2.90. The summed E-state index contributed by atoms with van der Waals surface area (Å²) in [5.41, 5.74) is 10.8. The molecule has 0 fully saturated rings. The molecule has 0 aromatic rings. The van der Waals surface area contributed by atoms with Gasteiger partial charge in [0, 0.05) is 12.1 Å². The Bertz CT molecular complexity index is 230. The van der Waals surface area contributed by atoms with Crippen LogP contribution in [0.1, 0.15) is 12.8 Å². The highest BCUT2D eigenvalue weighted by atomic mass is 16.1. The zero-order valence-electron chi connectivity index (χ0n) is 5.39. The summed E-state index contributed by atoms with van der Waals surface area (Å²) in [7, 11) is 0. The predicted molar refractivity (Wildman–Crippen MR) is 34.6 cm³/mol. The highest BCUT2D eigenvalue weighted by molar-refractivity contribution is 6.10. The summed E-state index contributed by atoms with van der Waals surface area (Å²) in [4.78, 5) is 21.4. The molecule has 0 heterocycles. The molecule has 0 aliphatic heterocycles. The number of allylic oxidation sites excluding steroid dienone is 2. The molecule has 0 saturated heterocycles. The third-order valence-electron chi connectivity index (χ3n) is 1.39. The molecule has 0 bridgehead atoms. The number of carbonyl (C=O) groups excluding carboxylic acids is 2. The highest BCUT2D eigenvalue weighted by Crippen LogP contribution is 2.10. The molecule has 0 aromatic carbocycles. The first kappa shape index (κ1) is 6.80. The van der Waals surface area contributed by atoms with E-state index in [1.807, 2.05) is 0 Å². The normalized spacial score (nSPS) is 20.0. The largest absolute Gasteiger partial charge is 0.400 e. The fourth-order valence-electron chi connectivity index (χ4n) is 0.824. The van der Waals surface area contributed by atoms with E-state index in [9.17, 15) is 9.59 Å². The Hall–Kier alpha value is -1.32. The van der Waals surface area contributed by atoms with Crippen LogP contribution < -0.4 is 11.5 Å². The first-order chi connectivity index (χ1) is 4.61. The van der Waals surface area contributed by atoms with Crippen molar-refractivity contribution in [2.45, 2.75) is 12.8 Å². The van der Waals surface area contributed by atoms with Crippen molar-refractivity contribution in [3.8, 4) is 0 Å². The van der Waals surface area contributed by atoms with Gasteiger partial charge in [0.1, 0.15) is 5.78 Å². The molecule has 0 spiro atoms. The van der Waals surface area contributed by atoms with E-state index in [-0.39, 0.29) is 35.8 Å². The summed E-state index contributed by atoms with van der Waals surface area (Å²) < 4.78 is 0. The van der Waals surface area contributed by atoms with Crippen LogP contribution in [0.25, 0.3) is 0 Å². The Kier molecular flexibility index (Phi) is 1.45. The van der Waals surface area contributed by atoms with Crippen molar-refractivity contribution in [3.05, 3.63) is 11.4 Å². The second-order valence-electron chi connectivity index (χ2n) is 2.25. The molecule has 1 aliphatic rings. The maximum Gasteiger partial charge on any atom is 0.187 e. The minimum atomic E-state index is -0.353. The lowest BCUT2D eigenvalue weighted by molar-refractivity contribution is -0.125. The summed E-state index contributed by atoms with van der Waals surface area (Å²) in [6, 6.07) is 0. The van der Waals surface area contributed by atoms with Crippen molar-refractivity contribution in [1.29, 1.82) is 0 Å². The van der Waals surface area contributed by atoms with E-state index in [1.54, 1.807) is 0 Å². The highest BCUT2D eigenvalue weighted by Gasteiger charge is 2.21. The lowest BCUT2D eigenvalue weighted by Gasteiger charge is -2.10. The van der Waals surface area contributed by atoms with Crippen molar-refractivity contribution in [3.63, 3.8) is 0 Å². The minimum absolute atomic E-state index is 0.0552. The van der Waals surface area contributed by atoms with Gasteiger partial charge >= 0.3 is 0 Å². The summed E-state index contributed by atoms with van der Waals surface area (Å²) >= 11 is 0. The molecule has 0 saturated carbocycles. The molecule has 0 aromatic heterocycles. The summed E-state index contributed by atoms with van der Waals surface area (Å²) in [5, 5.41) is 0. The monoisotopic (exact) mass is 140 g/mol. The van der Waals surface area contributed by atoms with Gasteiger partial charge in [-0.05, 0) is 0 Å². The molecule has 4 N–H and O–H groups in total. The van der Waals surface area contributed by atoms with Crippen LogP contribution in [-0.4, -0.2) is 11.6 Å². The van der Waals surface area contributed by atoms with Gasteiger partial charge in [-0.1, -0.05) is 0 Å². The van der Waals surface area contributed by atoms with Crippen LogP contribution in [0.15, 0.2) is 11.4 Å². The van der Waals surface area contributed by atoms with E-state index >= 15 is 0 Å². The third kappa shape index (κ3) is 1.00. The molecule has 4 nitrogen and oxygen atoms in total. The molecule has 0 atom stereocenters. The van der Waals surface area contributed by atoms with Crippen molar-refractivity contribution in [2.24, 2.45) is 11.5 Å². The van der Waals surface area contributed by atoms with Gasteiger partial charge in [-0.15, -0.1) is 0 Å². The molecular formula is C6H8N2O2. The van der Waals surface area contributed by atoms with Gasteiger partial charge in [-0.25, -0.2) is 0 Å². The van der Waals surface area contributed by atoms with Crippen molar-refractivity contribution in [1.82, 2.24) is 0 Å². The van der Waals surface area contributed by atoms with Gasteiger partial charge in [0.05, 0.1) is 12.1 Å². The van der Waals surface area contributed by atoms with Gasteiger partial charge in [0.25, 0.3) is 0 Å². The zero-order valence-corrected chi connectivity index (χ0v) is 5.39. The second kappa shape index (κ2) is 2.13. The van der Waals surface area contributed by atoms with E-state index in [2.05, 4.69) is 0 Å². The molecule has 4 heteroatoms. The van der Waals surface area contributed by atoms with Gasteiger partial charge in [0.2, 0.25) is 0 Å². The second-order valence-corrected chi connectivity index (χ2v) is 2.25. The van der Waals surface area contributed by atoms with Crippen molar-refractivity contribution >= 4 is 11.6 Å². The molecule has 54 valence electrons. The molecule has 0 unspecified atom stereocenters. The Balaban J connectivity index is 2.95. The Labute approximate surface area is 57.9 Å². The molecule has 0 radical (unpaired) electrons. The van der Waals surface area contributed by atoms with E-state index in [0.717, 1.165) is 0 Å². The number of hydrogen-bond acceptors (Lipinski definition) is 4. The summed E-state index contributed by atoms with van der Waals surface area (Å²) in [5.74, 6) is -0.509. The van der Waals surface area contributed by atoms with Crippen LogP contribution in [0.2, 0.25) is 0 Å². The van der Waals surface area contributed by atoms with E-state index in [4.69, 9.17) is 11.5 Å². The SMILES string of the molecule is NC1=C(N)C(=O)CC(=O)C1. The Morgan fingerprint density at radius 1 is 1.10 bits per heavy atom. The topological polar surface area (TPSA) is 86.2 Å². The Morgan fingerprint density at radius 2 is 1.70 bits per heavy atom. The number of ketones is 2. The van der Waals surface area contributed by atoms with E-state index in [0.29, 0.717) is 0 Å². The zero-order chi connectivity index (χ0) is 7.72. The van der Waals surface area contributed by atoms with E-state index in [1.165, 1.54) is 0 Å². The lowest BCUT2D eigenvalue weighted by Crippen LogP contribution is -2.27. The smallest absolute Gasteiger partial charge is 0.187 e. The van der Waals surface area contributed by atoms with Crippen molar-refractivity contribution in [2.75, 3.05) is 0 Å². The van der Waals surface area contributed by atoms with Gasteiger partial charge in [0.15, 0.2) is 5.78 Å². The maximum absolute atomic E-state index is 10.7. The first-order valence-corrected chi connectivity index (χ1v) is 2.90. The van der Waals surface area contributed by atoms with Crippen LogP contribution in [-0.2, 0) is 9.59 Å². The fourth-order valence-corrected chi connectivity index (χ4v) is 0.824. The average Bonchev–Trinajstić information content (AvgIpc) is 1.82. The summed E-state index contributed by atoms with van der Waals surface area (Å²) in [6.45, 7) is 0. The minimum Gasteiger partial charge on any atom is -0.400 e. The van der Waals surface area contributed by atoms with E-state index < -0.39 is 0 Å². The quantitative estimate of drug-likeness (QED) is 0.424. The standard InChI is InChI=1S/C6H8N2O2/c7-4-1-3(9)2-5(10)6(4)8/h1-2,7-8H2. The molecule has 1 rings (SSSR count). The Morgan fingerprint density at radius 3 is 2.20 bits per heavy atom. The predicted octanol–water partition coefficient (Wildman–Crippen LogP) is -0.953. The van der Waals surface area contributed by atoms with Gasteiger partial charge < -0.3 is 11.5 Å². The van der Waals surface area contributed by atoms with Crippen LogP contribution in [0.5, 0.6) is 0 Å². The number of carbonyl (C=O) groups is 2. The van der Waals surface area contributed by atoms with Crippen LogP contribution in [0, 0.1) is 0 Å². The van der Waals surface area contributed by atoms with Gasteiger partial charge in [-0.2, -0.15) is 0 Å². The number of rotatable bonds is 0. The maximum atomic E-state index is 10.7. The molecule has 1 aliphatic carbocycles. The van der Waals surface area contributed by atoms with Crippen LogP contribution in [0.4, 0.5) is 0 Å².